The second-order valence-electron chi connectivity index (χ2n) is 5.72. The van der Waals surface area contributed by atoms with Crippen LogP contribution in [0.25, 0.3) is 0 Å². The van der Waals surface area contributed by atoms with E-state index in [-0.39, 0.29) is 5.11 Å². The van der Waals surface area contributed by atoms with Crippen LogP contribution >= 0.6 is 23.8 Å². The Hall–Kier alpha value is -2.57. The Labute approximate surface area is 161 Å². The van der Waals surface area contributed by atoms with Gasteiger partial charge in [-0.25, -0.2) is 0 Å². The third-order valence-corrected chi connectivity index (χ3v) is 4.54. The van der Waals surface area contributed by atoms with Crippen molar-refractivity contribution >= 4 is 58.3 Å². The molecule has 1 aliphatic rings. The summed E-state index contributed by atoms with van der Waals surface area (Å²) in [6, 6.07) is 14.3. The summed E-state index contributed by atoms with van der Waals surface area (Å²) in [4.78, 5) is 30.6. The van der Waals surface area contributed by atoms with E-state index in [1.54, 1.807) is 24.3 Å². The highest BCUT2D eigenvalue weighted by molar-refractivity contribution is 7.80. The first-order valence-electron chi connectivity index (χ1n) is 8.07. The molecule has 1 atom stereocenters. The van der Waals surface area contributed by atoms with E-state index < -0.39 is 17.7 Å². The average molecular weight is 386 g/mol. The molecular weight excluding hydrogens is 370 g/mol. The van der Waals surface area contributed by atoms with Crippen LogP contribution in [0.5, 0.6) is 0 Å². The third kappa shape index (κ3) is 3.81. The lowest BCUT2D eigenvalue weighted by molar-refractivity contribution is -0.130. The van der Waals surface area contributed by atoms with Crippen LogP contribution in [0.1, 0.15) is 12.5 Å². The molecule has 3 rings (SSSR count). The van der Waals surface area contributed by atoms with Crippen molar-refractivity contribution in [1.82, 2.24) is 5.32 Å². The minimum atomic E-state index is -1.05. The zero-order chi connectivity index (χ0) is 18.7. The summed E-state index contributed by atoms with van der Waals surface area (Å²) in [7, 11) is 0. The minimum Gasteiger partial charge on any atom is -0.301 e. The van der Waals surface area contributed by atoms with Crippen molar-refractivity contribution in [3.8, 4) is 0 Å². The SMILES string of the molecule is CCc1ccc(N2C(=O)[C@@H](C=Nc3ccc(Cl)cc3)C(=O)NC2=S)cc1. The number of aryl methyl sites for hydroxylation is 1. The van der Waals surface area contributed by atoms with Gasteiger partial charge in [-0.15, -0.1) is 0 Å². The van der Waals surface area contributed by atoms with E-state index in [0.29, 0.717) is 16.4 Å². The molecule has 7 heteroatoms. The van der Waals surface area contributed by atoms with Gasteiger partial charge in [0.25, 0.3) is 5.91 Å². The van der Waals surface area contributed by atoms with E-state index in [9.17, 15) is 9.59 Å². The molecule has 0 radical (unpaired) electrons. The summed E-state index contributed by atoms with van der Waals surface area (Å²) >= 11 is 11.0. The molecule has 2 aromatic rings. The van der Waals surface area contributed by atoms with E-state index in [0.717, 1.165) is 12.0 Å². The first-order valence-corrected chi connectivity index (χ1v) is 8.85. The van der Waals surface area contributed by atoms with Crippen LogP contribution in [0.2, 0.25) is 5.02 Å². The molecule has 2 amide bonds. The highest BCUT2D eigenvalue weighted by atomic mass is 35.5. The molecule has 1 fully saturated rings. The van der Waals surface area contributed by atoms with Gasteiger partial charge in [-0.1, -0.05) is 30.7 Å². The minimum absolute atomic E-state index is 0.0698. The number of anilines is 1. The quantitative estimate of drug-likeness (QED) is 0.496. The van der Waals surface area contributed by atoms with Gasteiger partial charge in [-0.05, 0) is 60.6 Å². The Kier molecular flexibility index (Phi) is 5.44. The second-order valence-corrected chi connectivity index (χ2v) is 6.54. The standard InChI is InChI=1S/C19H16ClN3O2S/c1-2-12-3-9-15(10-4-12)23-18(25)16(17(24)22-19(23)26)11-21-14-7-5-13(20)6-8-14/h3-11,16H,2H2,1H3,(H,22,24,26)/t16-/m0/s1. The van der Waals surface area contributed by atoms with E-state index in [1.807, 2.05) is 24.3 Å². The average Bonchev–Trinajstić information content (AvgIpc) is 2.63. The number of aliphatic imine (C=N–C) groups is 1. The fourth-order valence-electron chi connectivity index (χ4n) is 2.53. The van der Waals surface area contributed by atoms with Crippen molar-refractivity contribution in [2.24, 2.45) is 10.9 Å². The highest BCUT2D eigenvalue weighted by Crippen LogP contribution is 2.22. The number of amides is 2. The molecule has 1 N–H and O–H groups in total. The van der Waals surface area contributed by atoms with Gasteiger partial charge in [0, 0.05) is 11.2 Å². The number of hydrogen-bond donors (Lipinski definition) is 1. The Balaban J connectivity index is 1.86. The number of carbonyl (C=O) groups excluding carboxylic acids is 2. The zero-order valence-electron chi connectivity index (χ0n) is 14.0. The van der Waals surface area contributed by atoms with E-state index in [4.69, 9.17) is 23.8 Å². The van der Waals surface area contributed by atoms with E-state index >= 15 is 0 Å². The summed E-state index contributed by atoms with van der Waals surface area (Å²) in [6.45, 7) is 2.05. The normalized spacial score (nSPS) is 17.7. The Morgan fingerprint density at radius 3 is 2.42 bits per heavy atom. The molecular formula is C19H16ClN3O2S. The number of nitrogens with one attached hydrogen (secondary N) is 1. The van der Waals surface area contributed by atoms with E-state index in [2.05, 4.69) is 17.2 Å². The number of rotatable bonds is 4. The molecule has 1 heterocycles. The van der Waals surface area contributed by atoms with Gasteiger partial charge < -0.3 is 5.32 Å². The number of thiocarbonyl (C=S) groups is 1. The third-order valence-electron chi connectivity index (χ3n) is 4.00. The van der Waals surface area contributed by atoms with Crippen LogP contribution in [0.4, 0.5) is 11.4 Å². The molecule has 0 aromatic heterocycles. The largest absolute Gasteiger partial charge is 0.301 e. The molecule has 0 saturated carbocycles. The molecule has 132 valence electrons. The monoisotopic (exact) mass is 385 g/mol. The van der Waals surface area contributed by atoms with Crippen molar-refractivity contribution < 1.29 is 9.59 Å². The maximum absolute atomic E-state index is 12.8. The van der Waals surface area contributed by atoms with Gasteiger partial charge in [-0.3, -0.25) is 19.5 Å². The van der Waals surface area contributed by atoms with Crippen molar-refractivity contribution in [1.29, 1.82) is 0 Å². The van der Waals surface area contributed by atoms with Gasteiger partial charge in [0.1, 0.15) is 0 Å². The lowest BCUT2D eigenvalue weighted by Gasteiger charge is -2.31. The molecule has 1 aliphatic heterocycles. The lowest BCUT2D eigenvalue weighted by Crippen LogP contribution is -2.58. The van der Waals surface area contributed by atoms with Gasteiger partial charge in [0.05, 0.1) is 11.4 Å². The van der Waals surface area contributed by atoms with Gasteiger partial charge in [0.2, 0.25) is 5.91 Å². The van der Waals surface area contributed by atoms with Crippen molar-refractivity contribution in [2.75, 3.05) is 4.90 Å². The van der Waals surface area contributed by atoms with Crippen LogP contribution in [-0.4, -0.2) is 23.1 Å². The Morgan fingerprint density at radius 2 is 1.81 bits per heavy atom. The number of benzene rings is 2. The first-order chi connectivity index (χ1) is 12.5. The molecule has 0 bridgehead atoms. The highest BCUT2D eigenvalue weighted by Gasteiger charge is 2.38. The molecule has 26 heavy (non-hydrogen) atoms. The first kappa shape index (κ1) is 18.2. The van der Waals surface area contributed by atoms with Crippen molar-refractivity contribution in [3.05, 3.63) is 59.1 Å². The molecule has 2 aromatic carbocycles. The van der Waals surface area contributed by atoms with Crippen LogP contribution in [0, 0.1) is 5.92 Å². The Morgan fingerprint density at radius 1 is 1.15 bits per heavy atom. The topological polar surface area (TPSA) is 61.8 Å². The predicted octanol–water partition coefficient (Wildman–Crippen LogP) is 3.67. The van der Waals surface area contributed by atoms with Crippen molar-refractivity contribution in [3.63, 3.8) is 0 Å². The van der Waals surface area contributed by atoms with Crippen LogP contribution in [0.15, 0.2) is 53.5 Å². The molecule has 0 spiro atoms. The predicted molar refractivity (Wildman–Crippen MR) is 107 cm³/mol. The maximum atomic E-state index is 12.8. The molecule has 5 nitrogen and oxygen atoms in total. The van der Waals surface area contributed by atoms with Crippen LogP contribution < -0.4 is 10.2 Å². The van der Waals surface area contributed by atoms with E-state index in [1.165, 1.54) is 11.1 Å². The second kappa shape index (κ2) is 7.76. The number of halogens is 1. The Bertz CT molecular complexity index is 879. The summed E-state index contributed by atoms with van der Waals surface area (Å²) < 4.78 is 0. The maximum Gasteiger partial charge on any atom is 0.251 e. The summed E-state index contributed by atoms with van der Waals surface area (Å²) in [5.41, 5.74) is 2.36. The van der Waals surface area contributed by atoms with Gasteiger partial charge in [0.15, 0.2) is 11.0 Å². The molecule has 1 saturated heterocycles. The fraction of sp³-hybridized carbons (Fsp3) is 0.158. The fourth-order valence-corrected chi connectivity index (χ4v) is 2.96. The molecule has 0 aliphatic carbocycles. The van der Waals surface area contributed by atoms with Crippen molar-refractivity contribution in [2.45, 2.75) is 13.3 Å². The lowest BCUT2D eigenvalue weighted by atomic mass is 10.1. The summed E-state index contributed by atoms with van der Waals surface area (Å²) in [5.74, 6) is -1.97. The number of carbonyl (C=O) groups is 2. The van der Waals surface area contributed by atoms with Gasteiger partial charge in [-0.2, -0.15) is 0 Å². The smallest absolute Gasteiger partial charge is 0.251 e. The van der Waals surface area contributed by atoms with Crippen LogP contribution in [0.3, 0.4) is 0 Å². The summed E-state index contributed by atoms with van der Waals surface area (Å²) in [6.07, 6.45) is 2.22. The number of nitrogens with zero attached hydrogens (tertiary/aromatic N) is 2. The number of hydrogen-bond acceptors (Lipinski definition) is 4. The molecule has 0 unspecified atom stereocenters. The summed E-state index contributed by atoms with van der Waals surface area (Å²) in [5, 5.41) is 3.22. The van der Waals surface area contributed by atoms with Gasteiger partial charge >= 0.3 is 0 Å². The zero-order valence-corrected chi connectivity index (χ0v) is 15.6. The van der Waals surface area contributed by atoms with Crippen LogP contribution in [-0.2, 0) is 16.0 Å².